The lowest BCUT2D eigenvalue weighted by Crippen LogP contribution is -2.17. The van der Waals surface area contributed by atoms with Gasteiger partial charge < -0.3 is 8.98 Å². The molecular weight excluding hydrogens is 490 g/mol. The summed E-state index contributed by atoms with van der Waals surface area (Å²) in [7, 11) is 0. The van der Waals surface area contributed by atoms with E-state index in [2.05, 4.69) is 46.3 Å². The molecule has 0 saturated heterocycles. The third kappa shape index (κ3) is 5.46. The van der Waals surface area contributed by atoms with Crippen LogP contribution in [0.5, 0.6) is 0 Å². The third-order valence-electron chi connectivity index (χ3n) is 5.53. The highest BCUT2D eigenvalue weighted by Gasteiger charge is 2.11. The zero-order valence-corrected chi connectivity index (χ0v) is 21.0. The van der Waals surface area contributed by atoms with E-state index in [0.29, 0.717) is 16.3 Å². The SMILES string of the molecule is Cc1ccc(-c2ccccc2)n1-c1ccc(C(=O)NN=Cc2ccc(Sc3ccc(Cl)cc3)o2)cc1. The Kier molecular flexibility index (Phi) is 7.07. The van der Waals surface area contributed by atoms with Gasteiger partial charge in [-0.15, -0.1) is 0 Å². The van der Waals surface area contributed by atoms with Crippen molar-refractivity contribution in [3.8, 4) is 16.9 Å². The second-order valence-electron chi connectivity index (χ2n) is 8.02. The van der Waals surface area contributed by atoms with Crippen molar-refractivity contribution in [2.24, 2.45) is 5.10 Å². The van der Waals surface area contributed by atoms with Gasteiger partial charge in [-0.05, 0) is 85.3 Å². The van der Waals surface area contributed by atoms with E-state index < -0.39 is 0 Å². The van der Waals surface area contributed by atoms with Crippen LogP contribution in [0.15, 0.2) is 123 Å². The molecule has 36 heavy (non-hydrogen) atoms. The molecule has 2 heterocycles. The van der Waals surface area contributed by atoms with Crippen LogP contribution in [-0.2, 0) is 0 Å². The first kappa shape index (κ1) is 23.7. The maximum Gasteiger partial charge on any atom is 0.271 e. The number of carbonyl (C=O) groups excluding carboxylic acids is 1. The van der Waals surface area contributed by atoms with E-state index in [0.717, 1.165) is 32.6 Å². The van der Waals surface area contributed by atoms with Crippen LogP contribution in [0.3, 0.4) is 0 Å². The number of carbonyl (C=O) groups is 1. The van der Waals surface area contributed by atoms with Gasteiger partial charge in [0.25, 0.3) is 5.91 Å². The molecule has 0 saturated carbocycles. The van der Waals surface area contributed by atoms with Crippen molar-refractivity contribution in [3.05, 3.63) is 125 Å². The average Bonchev–Trinajstić information content (AvgIpc) is 3.52. The lowest BCUT2D eigenvalue weighted by atomic mass is 10.1. The van der Waals surface area contributed by atoms with E-state index in [-0.39, 0.29) is 5.91 Å². The molecule has 0 bridgehead atoms. The van der Waals surface area contributed by atoms with Crippen molar-refractivity contribution < 1.29 is 9.21 Å². The van der Waals surface area contributed by atoms with Gasteiger partial charge in [-0.1, -0.05) is 53.7 Å². The molecule has 0 spiro atoms. The Bertz CT molecular complexity index is 1500. The number of hydrogen-bond acceptors (Lipinski definition) is 4. The van der Waals surface area contributed by atoms with Crippen LogP contribution in [-0.4, -0.2) is 16.7 Å². The van der Waals surface area contributed by atoms with E-state index in [9.17, 15) is 4.79 Å². The monoisotopic (exact) mass is 511 g/mol. The number of aromatic nitrogens is 1. The lowest BCUT2D eigenvalue weighted by Gasteiger charge is -2.12. The quantitative estimate of drug-likeness (QED) is 0.180. The van der Waals surface area contributed by atoms with Gasteiger partial charge >= 0.3 is 0 Å². The van der Waals surface area contributed by atoms with Gasteiger partial charge in [0.15, 0.2) is 5.09 Å². The maximum absolute atomic E-state index is 12.6. The number of nitrogens with one attached hydrogen (secondary N) is 1. The summed E-state index contributed by atoms with van der Waals surface area (Å²) in [5, 5.41) is 5.45. The van der Waals surface area contributed by atoms with Crippen LogP contribution in [0.2, 0.25) is 5.02 Å². The molecule has 0 aliphatic carbocycles. The zero-order chi connectivity index (χ0) is 24.9. The number of rotatable bonds is 7. The molecule has 178 valence electrons. The highest BCUT2D eigenvalue weighted by molar-refractivity contribution is 7.99. The van der Waals surface area contributed by atoms with E-state index in [4.69, 9.17) is 16.0 Å². The van der Waals surface area contributed by atoms with Crippen LogP contribution < -0.4 is 5.43 Å². The van der Waals surface area contributed by atoms with Gasteiger partial charge in [0.1, 0.15) is 5.76 Å². The Morgan fingerprint density at radius 1 is 0.917 bits per heavy atom. The first-order chi connectivity index (χ1) is 17.6. The number of aryl methyl sites for hydroxylation is 1. The molecule has 2 aromatic heterocycles. The topological polar surface area (TPSA) is 59.5 Å². The van der Waals surface area contributed by atoms with E-state index in [1.54, 1.807) is 18.2 Å². The standard InChI is InChI=1S/C29H22ClN3O2S/c1-20-7-17-27(21-5-3-2-4-6-21)33(20)24-12-8-22(9-13-24)29(34)32-31-19-25-14-18-28(35-25)36-26-15-10-23(30)11-16-26/h2-19H,1H3,(H,32,34). The smallest absolute Gasteiger partial charge is 0.271 e. The first-order valence-corrected chi connectivity index (χ1v) is 12.5. The molecule has 0 aliphatic rings. The third-order valence-corrected chi connectivity index (χ3v) is 6.71. The highest BCUT2D eigenvalue weighted by atomic mass is 35.5. The summed E-state index contributed by atoms with van der Waals surface area (Å²) in [4.78, 5) is 13.6. The predicted octanol–water partition coefficient (Wildman–Crippen LogP) is 7.61. The first-order valence-electron chi connectivity index (χ1n) is 11.3. The minimum absolute atomic E-state index is 0.298. The molecule has 0 unspecified atom stereocenters. The fraction of sp³-hybridized carbons (Fsp3) is 0.0345. The maximum atomic E-state index is 12.6. The fourth-order valence-electron chi connectivity index (χ4n) is 3.77. The molecule has 7 heteroatoms. The number of halogens is 1. The van der Waals surface area contributed by atoms with E-state index >= 15 is 0 Å². The summed E-state index contributed by atoms with van der Waals surface area (Å²) in [5.41, 5.74) is 7.40. The van der Waals surface area contributed by atoms with Gasteiger partial charge in [-0.3, -0.25) is 4.79 Å². The number of amides is 1. The number of hydrogen-bond donors (Lipinski definition) is 1. The van der Waals surface area contributed by atoms with Crippen LogP contribution in [0.25, 0.3) is 16.9 Å². The summed E-state index contributed by atoms with van der Waals surface area (Å²) < 4.78 is 7.92. The van der Waals surface area contributed by atoms with E-state index in [1.807, 2.05) is 60.7 Å². The number of nitrogens with zero attached hydrogens (tertiary/aromatic N) is 2. The van der Waals surface area contributed by atoms with Gasteiger partial charge in [0.05, 0.1) is 11.9 Å². The Hall–Kier alpha value is -4.00. The van der Waals surface area contributed by atoms with Crippen LogP contribution in [0.1, 0.15) is 21.8 Å². The molecule has 1 amide bonds. The number of hydrazone groups is 1. The molecular formula is C29H22ClN3O2S. The second kappa shape index (κ2) is 10.7. The Morgan fingerprint density at radius 3 is 2.42 bits per heavy atom. The molecule has 3 aromatic carbocycles. The van der Waals surface area contributed by atoms with Crippen molar-refractivity contribution >= 4 is 35.5 Å². The molecule has 0 aliphatic heterocycles. The number of furan rings is 1. The van der Waals surface area contributed by atoms with Crippen LogP contribution in [0.4, 0.5) is 0 Å². The normalized spacial score (nSPS) is 11.2. The summed E-state index contributed by atoms with van der Waals surface area (Å²) >= 11 is 7.40. The summed E-state index contributed by atoms with van der Waals surface area (Å²) in [6, 6.07) is 33.1. The molecule has 1 N–H and O–H groups in total. The molecule has 0 radical (unpaired) electrons. The van der Waals surface area contributed by atoms with Gasteiger partial charge in [-0.2, -0.15) is 5.10 Å². The minimum Gasteiger partial charge on any atom is -0.448 e. The zero-order valence-electron chi connectivity index (χ0n) is 19.4. The molecule has 0 fully saturated rings. The lowest BCUT2D eigenvalue weighted by molar-refractivity contribution is 0.0955. The predicted molar refractivity (Wildman–Crippen MR) is 145 cm³/mol. The Balaban J connectivity index is 1.23. The average molecular weight is 512 g/mol. The molecule has 5 rings (SSSR count). The van der Waals surface area contributed by atoms with Crippen LogP contribution >= 0.6 is 23.4 Å². The highest BCUT2D eigenvalue weighted by Crippen LogP contribution is 2.30. The molecule has 0 atom stereocenters. The van der Waals surface area contributed by atoms with Crippen molar-refractivity contribution in [2.75, 3.05) is 0 Å². The summed E-state index contributed by atoms with van der Waals surface area (Å²) in [6.07, 6.45) is 1.48. The Labute approximate surface area is 218 Å². The second-order valence-corrected chi connectivity index (χ2v) is 9.53. The van der Waals surface area contributed by atoms with Crippen molar-refractivity contribution in [1.29, 1.82) is 0 Å². The minimum atomic E-state index is -0.298. The largest absolute Gasteiger partial charge is 0.448 e. The molecule has 5 nitrogen and oxygen atoms in total. The van der Waals surface area contributed by atoms with Crippen molar-refractivity contribution in [1.82, 2.24) is 9.99 Å². The summed E-state index contributed by atoms with van der Waals surface area (Å²) in [5.74, 6) is 0.242. The van der Waals surface area contributed by atoms with Gasteiger partial charge in [0, 0.05) is 26.9 Å². The van der Waals surface area contributed by atoms with Crippen molar-refractivity contribution in [3.63, 3.8) is 0 Å². The fourth-order valence-corrected chi connectivity index (χ4v) is 4.68. The van der Waals surface area contributed by atoms with Gasteiger partial charge in [0.2, 0.25) is 0 Å². The number of benzene rings is 3. The van der Waals surface area contributed by atoms with Gasteiger partial charge in [-0.25, -0.2) is 5.43 Å². The van der Waals surface area contributed by atoms with Crippen LogP contribution in [0, 0.1) is 6.92 Å². The summed E-state index contributed by atoms with van der Waals surface area (Å²) in [6.45, 7) is 2.07. The molecule has 5 aromatic rings. The van der Waals surface area contributed by atoms with E-state index in [1.165, 1.54) is 18.0 Å². The Morgan fingerprint density at radius 2 is 1.67 bits per heavy atom. The van der Waals surface area contributed by atoms with Crippen molar-refractivity contribution in [2.45, 2.75) is 16.9 Å².